The quantitative estimate of drug-likeness (QED) is 0.424. The summed E-state index contributed by atoms with van der Waals surface area (Å²) in [4.78, 5) is 11.2. The van der Waals surface area contributed by atoms with Crippen LogP contribution in [0.25, 0.3) is 22.3 Å². The van der Waals surface area contributed by atoms with E-state index in [9.17, 15) is 10.1 Å². The zero-order chi connectivity index (χ0) is 21.0. The van der Waals surface area contributed by atoms with Gasteiger partial charge in [0, 0.05) is 11.6 Å². The molecule has 1 radical (unpaired) electrons. The van der Waals surface area contributed by atoms with Gasteiger partial charge in [0.25, 0.3) is 5.69 Å². The molecule has 0 unspecified atom stereocenters. The highest BCUT2D eigenvalue weighted by molar-refractivity contribution is 5.85. The monoisotopic (exact) mass is 394 g/mol. The third kappa shape index (κ3) is 3.80. The number of nitrogens with zero attached hydrogens (tertiary/aromatic N) is 1. The van der Waals surface area contributed by atoms with Crippen molar-refractivity contribution in [2.75, 3.05) is 28.4 Å². The molecule has 149 valence electrons. The Morgan fingerprint density at radius 3 is 2.03 bits per heavy atom. The average molecular weight is 394 g/mol. The predicted molar refractivity (Wildman–Crippen MR) is 109 cm³/mol. The van der Waals surface area contributed by atoms with Gasteiger partial charge in [-0.25, -0.2) is 0 Å². The van der Waals surface area contributed by atoms with Crippen molar-refractivity contribution in [3.8, 4) is 45.3 Å². The van der Waals surface area contributed by atoms with E-state index in [4.69, 9.17) is 18.9 Å². The van der Waals surface area contributed by atoms with Crippen molar-refractivity contribution in [3.05, 3.63) is 64.7 Å². The largest absolute Gasteiger partial charge is 0.497 e. The van der Waals surface area contributed by atoms with E-state index < -0.39 is 4.92 Å². The van der Waals surface area contributed by atoms with Crippen LogP contribution in [0.2, 0.25) is 0 Å². The molecule has 3 aromatic rings. The summed E-state index contributed by atoms with van der Waals surface area (Å²) in [5.74, 6) is 1.79. The van der Waals surface area contributed by atoms with E-state index in [2.05, 4.69) is 6.07 Å². The molecule has 0 spiro atoms. The van der Waals surface area contributed by atoms with Gasteiger partial charge in [-0.15, -0.1) is 0 Å². The smallest absolute Gasteiger partial charge is 0.277 e. The fraction of sp³-hybridized carbons (Fsp3) is 0.182. The summed E-state index contributed by atoms with van der Waals surface area (Å²) in [5.41, 5.74) is 2.40. The molecule has 3 aromatic carbocycles. The van der Waals surface area contributed by atoms with Gasteiger partial charge in [-0.05, 0) is 47.5 Å². The average Bonchev–Trinajstić information content (AvgIpc) is 2.77. The molecule has 0 aliphatic carbocycles. The van der Waals surface area contributed by atoms with Crippen molar-refractivity contribution < 1.29 is 23.9 Å². The van der Waals surface area contributed by atoms with Gasteiger partial charge in [-0.2, -0.15) is 0 Å². The van der Waals surface area contributed by atoms with Crippen LogP contribution in [0.15, 0.2) is 48.5 Å². The normalized spacial score (nSPS) is 10.3. The molecular weight excluding hydrogens is 374 g/mol. The van der Waals surface area contributed by atoms with E-state index in [1.807, 2.05) is 24.3 Å². The van der Waals surface area contributed by atoms with E-state index in [-0.39, 0.29) is 5.69 Å². The Hall–Kier alpha value is -3.74. The van der Waals surface area contributed by atoms with Gasteiger partial charge in [0.1, 0.15) is 5.75 Å². The molecule has 0 atom stereocenters. The van der Waals surface area contributed by atoms with E-state index in [1.54, 1.807) is 25.3 Å². The van der Waals surface area contributed by atoms with E-state index in [1.165, 1.54) is 27.4 Å². The van der Waals surface area contributed by atoms with Crippen molar-refractivity contribution in [2.45, 2.75) is 0 Å². The van der Waals surface area contributed by atoms with Crippen LogP contribution in [-0.2, 0) is 0 Å². The topological polar surface area (TPSA) is 80.1 Å². The SMILES string of the molecule is COc1ccc(-c2ccc([N+](=O)[O-])c(-c3[c]cc(OC)c(OC)c3OC)c2)cc1. The zero-order valence-corrected chi connectivity index (χ0v) is 16.5. The van der Waals surface area contributed by atoms with Crippen LogP contribution in [-0.4, -0.2) is 33.4 Å². The van der Waals surface area contributed by atoms with Crippen LogP contribution in [0.4, 0.5) is 5.69 Å². The van der Waals surface area contributed by atoms with Gasteiger partial charge in [-0.1, -0.05) is 12.1 Å². The van der Waals surface area contributed by atoms with Crippen molar-refractivity contribution in [2.24, 2.45) is 0 Å². The maximum atomic E-state index is 11.7. The molecule has 0 fully saturated rings. The second kappa shape index (κ2) is 8.52. The Kier molecular flexibility index (Phi) is 5.87. The summed E-state index contributed by atoms with van der Waals surface area (Å²) in [5, 5.41) is 11.7. The summed E-state index contributed by atoms with van der Waals surface area (Å²) in [6.45, 7) is 0. The third-order valence-electron chi connectivity index (χ3n) is 4.52. The predicted octanol–water partition coefficient (Wildman–Crippen LogP) is 4.76. The van der Waals surface area contributed by atoms with E-state index >= 15 is 0 Å². The summed E-state index contributed by atoms with van der Waals surface area (Å²) in [6.07, 6.45) is 0. The Bertz CT molecular complexity index is 1030. The molecule has 0 heterocycles. The van der Waals surface area contributed by atoms with Gasteiger partial charge in [0.05, 0.1) is 38.9 Å². The Morgan fingerprint density at radius 2 is 1.48 bits per heavy atom. The third-order valence-corrected chi connectivity index (χ3v) is 4.52. The Labute approximate surface area is 168 Å². The minimum absolute atomic E-state index is 0.0657. The minimum atomic E-state index is -0.433. The lowest BCUT2D eigenvalue weighted by atomic mass is 9.96. The molecular formula is C22H20NO6. The molecule has 29 heavy (non-hydrogen) atoms. The first kappa shape index (κ1) is 20.0. The fourth-order valence-corrected chi connectivity index (χ4v) is 3.09. The molecule has 0 amide bonds. The van der Waals surface area contributed by atoms with Crippen LogP contribution >= 0.6 is 0 Å². The molecule has 7 heteroatoms. The lowest BCUT2D eigenvalue weighted by Crippen LogP contribution is -1.99. The van der Waals surface area contributed by atoms with Gasteiger partial charge < -0.3 is 18.9 Å². The summed E-state index contributed by atoms with van der Waals surface area (Å²) in [7, 11) is 6.04. The highest BCUT2D eigenvalue weighted by Crippen LogP contribution is 2.46. The molecule has 0 aromatic heterocycles. The van der Waals surface area contributed by atoms with Crippen LogP contribution in [0, 0.1) is 16.2 Å². The highest BCUT2D eigenvalue weighted by Gasteiger charge is 2.24. The van der Waals surface area contributed by atoms with Gasteiger partial charge >= 0.3 is 0 Å². The molecule has 0 N–H and O–H groups in total. The number of benzene rings is 3. The summed E-state index contributed by atoms with van der Waals surface area (Å²) >= 11 is 0. The van der Waals surface area contributed by atoms with Crippen molar-refractivity contribution in [1.82, 2.24) is 0 Å². The summed E-state index contributed by atoms with van der Waals surface area (Å²) < 4.78 is 21.4. The first-order chi connectivity index (χ1) is 14.0. The molecule has 0 aliphatic rings. The van der Waals surface area contributed by atoms with Crippen LogP contribution in [0.5, 0.6) is 23.0 Å². The van der Waals surface area contributed by atoms with Crippen molar-refractivity contribution in [3.63, 3.8) is 0 Å². The lowest BCUT2D eigenvalue weighted by Gasteiger charge is -2.16. The minimum Gasteiger partial charge on any atom is -0.497 e. The number of hydrogen-bond acceptors (Lipinski definition) is 6. The standard InChI is InChI=1S/C22H20NO6/c1-26-16-8-5-14(6-9-16)15-7-11-19(23(24)25)18(13-15)17-10-12-20(27-2)22(29-4)21(17)28-3/h5-9,11-13H,1-4H3. The van der Waals surface area contributed by atoms with Crippen molar-refractivity contribution in [1.29, 1.82) is 0 Å². The molecule has 7 nitrogen and oxygen atoms in total. The molecule has 0 aliphatic heterocycles. The van der Waals surface area contributed by atoms with Crippen LogP contribution in [0.3, 0.4) is 0 Å². The maximum absolute atomic E-state index is 11.7. The van der Waals surface area contributed by atoms with E-state index in [0.717, 1.165) is 16.9 Å². The zero-order valence-electron chi connectivity index (χ0n) is 16.5. The number of methoxy groups -OCH3 is 4. The first-order valence-electron chi connectivity index (χ1n) is 8.67. The van der Waals surface area contributed by atoms with Gasteiger partial charge in [0.15, 0.2) is 11.5 Å². The van der Waals surface area contributed by atoms with Gasteiger partial charge in [-0.3, -0.25) is 10.1 Å². The van der Waals surface area contributed by atoms with Crippen LogP contribution < -0.4 is 18.9 Å². The number of ether oxygens (including phenoxy) is 4. The van der Waals surface area contributed by atoms with Crippen LogP contribution in [0.1, 0.15) is 0 Å². The summed E-state index contributed by atoms with van der Waals surface area (Å²) in [6, 6.07) is 17.0. The molecule has 0 saturated heterocycles. The number of nitro benzene ring substituents is 1. The van der Waals surface area contributed by atoms with Crippen molar-refractivity contribution >= 4 is 5.69 Å². The molecule has 0 bridgehead atoms. The number of hydrogen-bond donors (Lipinski definition) is 0. The second-order valence-corrected chi connectivity index (χ2v) is 6.02. The molecule has 3 rings (SSSR count). The highest BCUT2D eigenvalue weighted by atomic mass is 16.6. The number of nitro groups is 1. The van der Waals surface area contributed by atoms with E-state index in [0.29, 0.717) is 28.4 Å². The fourth-order valence-electron chi connectivity index (χ4n) is 3.09. The Morgan fingerprint density at radius 1 is 0.828 bits per heavy atom. The maximum Gasteiger partial charge on any atom is 0.277 e. The number of rotatable bonds is 7. The lowest BCUT2D eigenvalue weighted by molar-refractivity contribution is -0.384. The van der Waals surface area contributed by atoms with Gasteiger partial charge in [0.2, 0.25) is 5.75 Å². The molecule has 0 saturated carbocycles. The second-order valence-electron chi connectivity index (χ2n) is 6.02. The Balaban J connectivity index is 2.23. The first-order valence-corrected chi connectivity index (χ1v) is 8.67.